The Hall–Kier alpha value is -1.02. The molecule has 0 saturated carbocycles. The molecule has 19 heavy (non-hydrogen) atoms. The maximum atomic E-state index is 6.18. The first-order chi connectivity index (χ1) is 9.02. The Morgan fingerprint density at radius 2 is 1.53 bits per heavy atom. The summed E-state index contributed by atoms with van der Waals surface area (Å²) in [6.45, 7) is 14.1. The quantitative estimate of drug-likeness (QED) is 0.897. The van der Waals surface area contributed by atoms with Crippen LogP contribution in [0.5, 0.6) is 5.75 Å². The summed E-state index contributed by atoms with van der Waals surface area (Å²) in [7, 11) is 0. The summed E-state index contributed by atoms with van der Waals surface area (Å²) < 4.78 is 6.18. The summed E-state index contributed by atoms with van der Waals surface area (Å²) in [5, 5.41) is 3.45. The number of benzene rings is 1. The number of hydrogen-bond acceptors (Lipinski definition) is 2. The second-order valence-electron chi connectivity index (χ2n) is 5.98. The van der Waals surface area contributed by atoms with Crippen LogP contribution in [-0.2, 0) is 0 Å². The molecule has 2 nitrogen and oxygen atoms in total. The van der Waals surface area contributed by atoms with Gasteiger partial charge >= 0.3 is 0 Å². The molecule has 0 radical (unpaired) electrons. The van der Waals surface area contributed by atoms with Crippen molar-refractivity contribution in [3.8, 4) is 5.75 Å². The van der Waals surface area contributed by atoms with Crippen LogP contribution in [0.25, 0.3) is 0 Å². The molecule has 0 spiro atoms. The molecular weight excluding hydrogens is 234 g/mol. The van der Waals surface area contributed by atoms with Crippen LogP contribution in [0.15, 0.2) is 0 Å². The number of hydrogen-bond donors (Lipinski definition) is 1. The van der Waals surface area contributed by atoms with Crippen LogP contribution in [0.1, 0.15) is 40.7 Å². The van der Waals surface area contributed by atoms with Gasteiger partial charge in [0.25, 0.3) is 0 Å². The Morgan fingerprint density at radius 1 is 0.947 bits per heavy atom. The van der Waals surface area contributed by atoms with Crippen LogP contribution >= 0.6 is 0 Å². The van der Waals surface area contributed by atoms with Gasteiger partial charge in [0.15, 0.2) is 0 Å². The molecule has 1 unspecified atom stereocenters. The third kappa shape index (κ3) is 2.94. The van der Waals surface area contributed by atoms with Crippen molar-refractivity contribution in [2.24, 2.45) is 5.92 Å². The zero-order valence-electron chi connectivity index (χ0n) is 13.0. The van der Waals surface area contributed by atoms with Crippen LogP contribution in [0.4, 0.5) is 0 Å². The summed E-state index contributed by atoms with van der Waals surface area (Å²) >= 11 is 0. The highest BCUT2D eigenvalue weighted by Crippen LogP contribution is 2.32. The van der Waals surface area contributed by atoms with Gasteiger partial charge in [-0.15, -0.1) is 0 Å². The zero-order valence-corrected chi connectivity index (χ0v) is 13.0. The third-order valence-electron chi connectivity index (χ3n) is 4.79. The van der Waals surface area contributed by atoms with E-state index >= 15 is 0 Å². The minimum atomic E-state index is 0.662. The molecule has 2 rings (SSSR count). The van der Waals surface area contributed by atoms with Crippen molar-refractivity contribution in [3.05, 3.63) is 27.8 Å². The molecule has 1 aromatic carbocycles. The molecule has 106 valence electrons. The zero-order chi connectivity index (χ0) is 14.0. The average Bonchev–Trinajstić information content (AvgIpc) is 2.44. The molecule has 1 aliphatic heterocycles. The van der Waals surface area contributed by atoms with Crippen LogP contribution in [0, 0.1) is 40.5 Å². The van der Waals surface area contributed by atoms with Crippen LogP contribution in [0.3, 0.4) is 0 Å². The Kier molecular flexibility index (Phi) is 4.51. The standard InChI is InChI=1S/C17H27NO/c1-11-12(2)14(4)17(15(5)13(11)3)19-10-16-7-6-8-18-9-16/h16,18H,6-10H2,1-5H3. The van der Waals surface area contributed by atoms with E-state index in [4.69, 9.17) is 4.74 Å². The largest absolute Gasteiger partial charge is 0.493 e. The van der Waals surface area contributed by atoms with E-state index in [0.29, 0.717) is 5.92 Å². The molecule has 0 aliphatic carbocycles. The number of rotatable bonds is 3. The fraction of sp³-hybridized carbons (Fsp3) is 0.647. The topological polar surface area (TPSA) is 21.3 Å². The van der Waals surface area contributed by atoms with E-state index in [2.05, 4.69) is 39.9 Å². The Labute approximate surface area is 117 Å². The minimum Gasteiger partial charge on any atom is -0.493 e. The van der Waals surface area contributed by atoms with Gasteiger partial charge in [0.2, 0.25) is 0 Å². The molecule has 1 aromatic rings. The molecule has 0 aromatic heterocycles. The highest BCUT2D eigenvalue weighted by molar-refractivity contribution is 5.53. The van der Waals surface area contributed by atoms with Gasteiger partial charge < -0.3 is 10.1 Å². The smallest absolute Gasteiger partial charge is 0.125 e. The molecule has 2 heteroatoms. The van der Waals surface area contributed by atoms with E-state index in [1.165, 1.54) is 40.7 Å². The SMILES string of the molecule is Cc1c(C)c(C)c(OCC2CCCNC2)c(C)c1C. The maximum Gasteiger partial charge on any atom is 0.125 e. The Morgan fingerprint density at radius 3 is 2.05 bits per heavy atom. The summed E-state index contributed by atoms with van der Waals surface area (Å²) in [6, 6.07) is 0. The maximum absolute atomic E-state index is 6.18. The second kappa shape index (κ2) is 5.96. The van der Waals surface area contributed by atoms with Crippen molar-refractivity contribution >= 4 is 0 Å². The average molecular weight is 261 g/mol. The van der Waals surface area contributed by atoms with E-state index in [9.17, 15) is 0 Å². The first-order valence-electron chi connectivity index (χ1n) is 7.42. The molecule has 1 N–H and O–H groups in total. The molecule has 0 bridgehead atoms. The van der Waals surface area contributed by atoms with Crippen molar-refractivity contribution in [2.75, 3.05) is 19.7 Å². The van der Waals surface area contributed by atoms with Gasteiger partial charge in [-0.2, -0.15) is 0 Å². The van der Waals surface area contributed by atoms with Crippen LogP contribution in [0.2, 0.25) is 0 Å². The number of piperidine rings is 1. The van der Waals surface area contributed by atoms with Gasteiger partial charge in [0.1, 0.15) is 5.75 Å². The van der Waals surface area contributed by atoms with Crippen molar-refractivity contribution in [2.45, 2.75) is 47.5 Å². The van der Waals surface area contributed by atoms with Crippen molar-refractivity contribution < 1.29 is 4.74 Å². The highest BCUT2D eigenvalue weighted by atomic mass is 16.5. The summed E-state index contributed by atoms with van der Waals surface area (Å²) in [4.78, 5) is 0. The van der Waals surface area contributed by atoms with Gasteiger partial charge in [0, 0.05) is 12.5 Å². The normalized spacial score (nSPS) is 19.5. The first kappa shape index (κ1) is 14.4. The molecule has 1 heterocycles. The minimum absolute atomic E-state index is 0.662. The fourth-order valence-corrected chi connectivity index (χ4v) is 2.95. The van der Waals surface area contributed by atoms with E-state index in [1.807, 2.05) is 0 Å². The van der Waals surface area contributed by atoms with Crippen LogP contribution in [-0.4, -0.2) is 19.7 Å². The number of nitrogens with one attached hydrogen (secondary N) is 1. The molecular formula is C17H27NO. The van der Waals surface area contributed by atoms with E-state index < -0.39 is 0 Å². The lowest BCUT2D eigenvalue weighted by atomic mass is 9.94. The van der Waals surface area contributed by atoms with E-state index in [0.717, 1.165) is 25.4 Å². The monoisotopic (exact) mass is 261 g/mol. The second-order valence-corrected chi connectivity index (χ2v) is 5.98. The predicted molar refractivity (Wildman–Crippen MR) is 81.2 cm³/mol. The van der Waals surface area contributed by atoms with Gasteiger partial charge in [-0.3, -0.25) is 0 Å². The van der Waals surface area contributed by atoms with E-state index in [1.54, 1.807) is 0 Å². The van der Waals surface area contributed by atoms with Crippen molar-refractivity contribution in [3.63, 3.8) is 0 Å². The predicted octanol–water partition coefficient (Wildman–Crippen LogP) is 3.61. The molecule has 1 fully saturated rings. The molecule has 0 amide bonds. The molecule has 1 saturated heterocycles. The lowest BCUT2D eigenvalue weighted by molar-refractivity contribution is 0.216. The summed E-state index contributed by atoms with van der Waals surface area (Å²) in [5.74, 6) is 1.78. The number of ether oxygens (including phenoxy) is 1. The van der Waals surface area contributed by atoms with Gasteiger partial charge in [0.05, 0.1) is 6.61 Å². The summed E-state index contributed by atoms with van der Waals surface area (Å²) in [5.41, 5.74) is 6.77. The van der Waals surface area contributed by atoms with Gasteiger partial charge in [-0.1, -0.05) is 0 Å². The van der Waals surface area contributed by atoms with Gasteiger partial charge in [-0.25, -0.2) is 0 Å². The van der Waals surface area contributed by atoms with Gasteiger partial charge in [-0.05, 0) is 81.8 Å². The van der Waals surface area contributed by atoms with E-state index in [-0.39, 0.29) is 0 Å². The highest BCUT2D eigenvalue weighted by Gasteiger charge is 2.17. The third-order valence-corrected chi connectivity index (χ3v) is 4.79. The lowest BCUT2D eigenvalue weighted by Gasteiger charge is -2.25. The molecule has 1 atom stereocenters. The van der Waals surface area contributed by atoms with Crippen molar-refractivity contribution in [1.82, 2.24) is 5.32 Å². The van der Waals surface area contributed by atoms with Crippen LogP contribution < -0.4 is 10.1 Å². The molecule has 1 aliphatic rings. The lowest BCUT2D eigenvalue weighted by Crippen LogP contribution is -2.33. The Bertz CT molecular complexity index is 430. The summed E-state index contributed by atoms with van der Waals surface area (Å²) in [6.07, 6.45) is 2.56. The first-order valence-corrected chi connectivity index (χ1v) is 7.42. The fourth-order valence-electron chi connectivity index (χ4n) is 2.95. The van der Waals surface area contributed by atoms with Crippen molar-refractivity contribution in [1.29, 1.82) is 0 Å². The Balaban J connectivity index is 2.15.